The van der Waals surface area contributed by atoms with E-state index in [9.17, 15) is 13.2 Å². The maximum atomic E-state index is 13.2. The van der Waals surface area contributed by atoms with Crippen LogP contribution >= 0.6 is 15.9 Å². The quantitative estimate of drug-likeness (QED) is 0.762. The normalized spacial score (nSPS) is 22.5. The first-order chi connectivity index (χ1) is 11.5. The second-order valence-corrected chi connectivity index (χ2v) is 7.72. The highest BCUT2D eigenvalue weighted by Crippen LogP contribution is 2.42. The maximum Gasteiger partial charge on any atom is 0.416 e. The van der Waals surface area contributed by atoms with E-state index >= 15 is 0 Å². The average Bonchev–Trinajstić information content (AvgIpc) is 2.58. The molecule has 1 aliphatic carbocycles. The van der Waals surface area contributed by atoms with E-state index in [1.54, 1.807) is 6.07 Å². The summed E-state index contributed by atoms with van der Waals surface area (Å²) >= 11 is 3.52. The molecule has 134 valence electrons. The fourth-order valence-corrected chi connectivity index (χ4v) is 4.59. The molecule has 1 aromatic carbocycles. The van der Waals surface area contributed by atoms with Crippen LogP contribution in [0, 0.1) is 5.92 Å². The lowest BCUT2D eigenvalue weighted by atomic mass is 9.80. The zero-order valence-corrected chi connectivity index (χ0v) is 15.3. The van der Waals surface area contributed by atoms with Crippen molar-refractivity contribution in [1.82, 2.24) is 10.2 Å². The average molecular weight is 405 g/mol. The van der Waals surface area contributed by atoms with Crippen molar-refractivity contribution in [1.29, 1.82) is 0 Å². The Kier molecular flexibility index (Phi) is 5.88. The van der Waals surface area contributed by atoms with Gasteiger partial charge in [-0.15, -0.1) is 0 Å². The monoisotopic (exact) mass is 404 g/mol. The Hall–Kier alpha value is -0.590. The number of nitrogens with zero attached hydrogens (tertiary/aromatic N) is 1. The van der Waals surface area contributed by atoms with Gasteiger partial charge in [0, 0.05) is 36.7 Å². The third-order valence-electron chi connectivity index (χ3n) is 5.28. The molecule has 1 aliphatic heterocycles. The van der Waals surface area contributed by atoms with E-state index in [1.807, 2.05) is 0 Å². The molecule has 0 unspecified atom stereocenters. The van der Waals surface area contributed by atoms with E-state index in [1.165, 1.54) is 31.4 Å². The Morgan fingerprint density at radius 3 is 2.38 bits per heavy atom. The van der Waals surface area contributed by atoms with Crippen LogP contribution in [0.25, 0.3) is 0 Å². The lowest BCUT2D eigenvalue weighted by Gasteiger charge is -2.41. The number of piperazine rings is 1. The Morgan fingerprint density at radius 2 is 1.75 bits per heavy atom. The highest BCUT2D eigenvalue weighted by molar-refractivity contribution is 9.10. The minimum absolute atomic E-state index is 0.0732. The number of alkyl halides is 3. The molecule has 1 N–H and O–H groups in total. The predicted molar refractivity (Wildman–Crippen MR) is 92.9 cm³/mol. The molecule has 24 heavy (non-hydrogen) atoms. The van der Waals surface area contributed by atoms with Crippen molar-refractivity contribution in [3.05, 3.63) is 33.8 Å². The van der Waals surface area contributed by atoms with Gasteiger partial charge >= 0.3 is 6.18 Å². The van der Waals surface area contributed by atoms with Crippen LogP contribution in [0.15, 0.2) is 22.7 Å². The molecule has 1 saturated heterocycles. The van der Waals surface area contributed by atoms with Gasteiger partial charge in [0.15, 0.2) is 0 Å². The van der Waals surface area contributed by atoms with E-state index in [0.29, 0.717) is 5.92 Å². The molecule has 0 radical (unpaired) electrons. The van der Waals surface area contributed by atoms with Crippen LogP contribution in [-0.2, 0) is 6.18 Å². The molecule has 1 saturated carbocycles. The summed E-state index contributed by atoms with van der Waals surface area (Å²) in [5.41, 5.74) is 0.260. The lowest BCUT2D eigenvalue weighted by Crippen LogP contribution is -2.47. The highest BCUT2D eigenvalue weighted by Gasteiger charge is 2.35. The molecule has 3 rings (SSSR count). The first kappa shape index (κ1) is 18.2. The van der Waals surface area contributed by atoms with Crippen molar-refractivity contribution in [2.75, 3.05) is 26.2 Å². The van der Waals surface area contributed by atoms with Gasteiger partial charge in [-0.3, -0.25) is 4.90 Å². The van der Waals surface area contributed by atoms with Crippen LogP contribution in [0.3, 0.4) is 0 Å². The van der Waals surface area contributed by atoms with Gasteiger partial charge in [0.25, 0.3) is 0 Å². The number of rotatable bonds is 3. The van der Waals surface area contributed by atoms with E-state index in [2.05, 4.69) is 26.1 Å². The van der Waals surface area contributed by atoms with Crippen LogP contribution in [-0.4, -0.2) is 31.1 Å². The van der Waals surface area contributed by atoms with Crippen molar-refractivity contribution < 1.29 is 13.2 Å². The first-order valence-corrected chi connectivity index (χ1v) is 9.57. The molecule has 6 heteroatoms. The molecule has 2 nitrogen and oxygen atoms in total. The molecular formula is C18H24BrF3N2. The predicted octanol–water partition coefficient (Wildman–Crippen LogP) is 4.99. The summed E-state index contributed by atoms with van der Waals surface area (Å²) < 4.78 is 40.4. The van der Waals surface area contributed by atoms with Crippen LogP contribution in [0.2, 0.25) is 0 Å². The Labute approximate surface area is 149 Å². The molecule has 2 aliphatic rings. The molecule has 1 aromatic rings. The Balaban J connectivity index is 1.97. The van der Waals surface area contributed by atoms with Gasteiger partial charge in [0.05, 0.1) is 5.56 Å². The van der Waals surface area contributed by atoms with Gasteiger partial charge in [-0.1, -0.05) is 35.2 Å². The van der Waals surface area contributed by atoms with E-state index in [4.69, 9.17) is 0 Å². The zero-order valence-electron chi connectivity index (χ0n) is 13.7. The third-order valence-corrected chi connectivity index (χ3v) is 6.01. The van der Waals surface area contributed by atoms with Crippen molar-refractivity contribution >= 4 is 15.9 Å². The molecule has 0 amide bonds. The summed E-state index contributed by atoms with van der Waals surface area (Å²) in [4.78, 5) is 2.38. The van der Waals surface area contributed by atoms with Crippen molar-refractivity contribution in [2.24, 2.45) is 5.92 Å². The van der Waals surface area contributed by atoms with Crippen molar-refractivity contribution in [2.45, 2.75) is 44.3 Å². The zero-order chi connectivity index (χ0) is 17.2. The maximum absolute atomic E-state index is 13.2. The number of hydrogen-bond acceptors (Lipinski definition) is 2. The minimum atomic E-state index is -4.30. The molecule has 1 heterocycles. The summed E-state index contributed by atoms with van der Waals surface area (Å²) in [7, 11) is 0. The summed E-state index contributed by atoms with van der Waals surface area (Å²) in [6.45, 7) is 3.59. The molecular weight excluding hydrogens is 381 g/mol. The molecule has 2 fully saturated rings. The van der Waals surface area contributed by atoms with Gasteiger partial charge < -0.3 is 5.32 Å². The number of halogens is 4. The van der Waals surface area contributed by atoms with Gasteiger partial charge in [0.1, 0.15) is 0 Å². The van der Waals surface area contributed by atoms with E-state index < -0.39 is 11.7 Å². The van der Waals surface area contributed by atoms with Gasteiger partial charge in [0.2, 0.25) is 0 Å². The lowest BCUT2D eigenvalue weighted by molar-refractivity contribution is -0.137. The molecule has 0 bridgehead atoms. The van der Waals surface area contributed by atoms with Gasteiger partial charge in [-0.05, 0) is 42.5 Å². The van der Waals surface area contributed by atoms with Crippen LogP contribution in [0.4, 0.5) is 13.2 Å². The number of nitrogens with one attached hydrogen (secondary N) is 1. The second kappa shape index (κ2) is 7.75. The van der Waals surface area contributed by atoms with Crippen LogP contribution in [0.1, 0.15) is 49.3 Å². The first-order valence-electron chi connectivity index (χ1n) is 8.78. The van der Waals surface area contributed by atoms with Gasteiger partial charge in [-0.25, -0.2) is 0 Å². The molecule has 0 aromatic heterocycles. The fraction of sp³-hybridized carbons (Fsp3) is 0.667. The highest BCUT2D eigenvalue weighted by atomic mass is 79.9. The standard InChI is InChI=1S/C18H24BrF3N2/c19-16-7-6-14(18(20,21)22)12-15(16)17(13-4-2-1-3-5-13)24-10-8-23-9-11-24/h6-7,12-13,17,23H,1-5,8-11H2/t17-/m1/s1. The molecule has 0 spiro atoms. The van der Waals surface area contributed by atoms with Crippen molar-refractivity contribution in [3.63, 3.8) is 0 Å². The summed E-state index contributed by atoms with van der Waals surface area (Å²) in [5.74, 6) is 0.441. The van der Waals surface area contributed by atoms with Gasteiger partial charge in [-0.2, -0.15) is 13.2 Å². The van der Waals surface area contributed by atoms with Crippen LogP contribution in [0.5, 0.6) is 0 Å². The van der Waals surface area contributed by atoms with E-state index in [0.717, 1.165) is 49.1 Å². The van der Waals surface area contributed by atoms with Crippen LogP contribution < -0.4 is 5.32 Å². The topological polar surface area (TPSA) is 15.3 Å². The largest absolute Gasteiger partial charge is 0.416 e. The Morgan fingerprint density at radius 1 is 1.08 bits per heavy atom. The smallest absolute Gasteiger partial charge is 0.314 e. The summed E-state index contributed by atoms with van der Waals surface area (Å²) in [5, 5.41) is 3.34. The number of hydrogen-bond donors (Lipinski definition) is 1. The SMILES string of the molecule is FC(F)(F)c1ccc(Br)c([C@@H](C2CCCCC2)N2CCNCC2)c1. The van der Waals surface area contributed by atoms with Crippen molar-refractivity contribution in [3.8, 4) is 0 Å². The summed E-state index contributed by atoms with van der Waals surface area (Å²) in [6, 6.07) is 4.18. The molecule has 1 atom stereocenters. The second-order valence-electron chi connectivity index (χ2n) is 6.86. The number of benzene rings is 1. The van der Waals surface area contributed by atoms with E-state index in [-0.39, 0.29) is 6.04 Å². The minimum Gasteiger partial charge on any atom is -0.314 e. The summed E-state index contributed by atoms with van der Waals surface area (Å²) in [6.07, 6.45) is 1.53. The third kappa shape index (κ3) is 4.14. The Bertz CT molecular complexity index is 532. The fourth-order valence-electron chi connectivity index (χ4n) is 4.11.